The van der Waals surface area contributed by atoms with Gasteiger partial charge in [0, 0.05) is 5.56 Å². The molecule has 0 radical (unpaired) electrons. The van der Waals surface area contributed by atoms with Gasteiger partial charge in [-0.3, -0.25) is 4.79 Å². The zero-order valence-corrected chi connectivity index (χ0v) is 10.5. The van der Waals surface area contributed by atoms with Crippen molar-refractivity contribution in [2.45, 2.75) is 0 Å². The van der Waals surface area contributed by atoms with Gasteiger partial charge in [0.1, 0.15) is 16.1 Å². The van der Waals surface area contributed by atoms with Crippen LogP contribution in [0.4, 0.5) is 4.39 Å². The Bertz CT molecular complexity index is 645. The average molecular weight is 320 g/mol. The predicted molar refractivity (Wildman–Crippen MR) is 64.6 cm³/mol. The Labute approximate surface area is 108 Å². The van der Waals surface area contributed by atoms with Crippen LogP contribution in [0, 0.1) is 5.82 Å². The van der Waals surface area contributed by atoms with Crippen LogP contribution in [-0.2, 0) is 0 Å². The topological polar surface area (TPSA) is 66.0 Å². The van der Waals surface area contributed by atoms with E-state index in [-0.39, 0.29) is 15.3 Å². The number of aromatic amines is 1. The van der Waals surface area contributed by atoms with Gasteiger partial charge in [-0.1, -0.05) is 11.6 Å². The Kier molecular flexibility index (Phi) is 3.17. The number of aromatic nitrogens is 2. The van der Waals surface area contributed by atoms with Gasteiger partial charge < -0.3 is 10.1 Å². The minimum Gasteiger partial charge on any atom is -0.492 e. The number of hydrogen-bond donors (Lipinski definition) is 2. The zero-order valence-electron chi connectivity index (χ0n) is 8.17. The van der Waals surface area contributed by atoms with Crippen molar-refractivity contribution in [3.05, 3.63) is 43.9 Å². The van der Waals surface area contributed by atoms with Crippen LogP contribution in [0.3, 0.4) is 0 Å². The van der Waals surface area contributed by atoms with Crippen LogP contribution in [0.1, 0.15) is 0 Å². The van der Waals surface area contributed by atoms with Gasteiger partial charge in [0.15, 0.2) is 0 Å². The molecular formula is C10H5BrClFN2O2. The van der Waals surface area contributed by atoms with Crippen molar-refractivity contribution in [1.82, 2.24) is 9.97 Å². The Hall–Kier alpha value is -1.40. The molecule has 0 amide bonds. The molecule has 0 aliphatic carbocycles. The number of aromatic hydroxyl groups is 1. The van der Waals surface area contributed by atoms with E-state index in [0.717, 1.165) is 6.07 Å². The van der Waals surface area contributed by atoms with E-state index in [4.69, 9.17) is 11.6 Å². The van der Waals surface area contributed by atoms with E-state index >= 15 is 0 Å². The molecule has 0 bridgehead atoms. The standard InChI is InChI=1S/C10H5BrClFN2O2/c11-7-9(16)14-8(15-10(7)17)4-1-2-6(13)5(12)3-4/h1-3H,(H2,14,15,16,17). The van der Waals surface area contributed by atoms with Gasteiger partial charge in [0.2, 0.25) is 5.88 Å². The molecule has 17 heavy (non-hydrogen) atoms. The molecular weight excluding hydrogens is 314 g/mol. The summed E-state index contributed by atoms with van der Waals surface area (Å²) in [5, 5.41) is 9.29. The van der Waals surface area contributed by atoms with Gasteiger partial charge in [-0.2, -0.15) is 4.98 Å². The second-order valence-electron chi connectivity index (χ2n) is 3.18. The molecule has 1 heterocycles. The third-order valence-electron chi connectivity index (χ3n) is 2.04. The fraction of sp³-hybridized carbons (Fsp3) is 0. The molecule has 0 saturated carbocycles. The Morgan fingerprint density at radius 1 is 1.47 bits per heavy atom. The van der Waals surface area contributed by atoms with Crippen molar-refractivity contribution in [3.63, 3.8) is 0 Å². The number of H-pyrrole nitrogens is 1. The van der Waals surface area contributed by atoms with E-state index in [1.807, 2.05) is 0 Å². The third-order valence-corrected chi connectivity index (χ3v) is 3.04. The first kappa shape index (κ1) is 12.1. The summed E-state index contributed by atoms with van der Waals surface area (Å²) in [5.74, 6) is -0.902. The molecule has 2 rings (SSSR count). The summed E-state index contributed by atoms with van der Waals surface area (Å²) in [4.78, 5) is 17.5. The predicted octanol–water partition coefficient (Wildman–Crippen LogP) is 2.70. The summed E-state index contributed by atoms with van der Waals surface area (Å²) in [7, 11) is 0. The number of halogens is 3. The van der Waals surface area contributed by atoms with Crippen LogP contribution in [0.2, 0.25) is 5.02 Å². The summed E-state index contributed by atoms with van der Waals surface area (Å²) < 4.78 is 12.9. The number of nitrogens with zero attached hydrogens (tertiary/aromatic N) is 1. The molecule has 0 spiro atoms. The van der Waals surface area contributed by atoms with Gasteiger partial charge in [0.25, 0.3) is 5.56 Å². The number of rotatable bonds is 1. The van der Waals surface area contributed by atoms with Gasteiger partial charge in [0.05, 0.1) is 5.02 Å². The van der Waals surface area contributed by atoms with Gasteiger partial charge in [-0.15, -0.1) is 0 Å². The fourth-order valence-corrected chi connectivity index (χ4v) is 1.60. The SMILES string of the molecule is O=c1[nH]c(-c2ccc(F)c(Cl)c2)nc(O)c1Br. The lowest BCUT2D eigenvalue weighted by molar-refractivity contribution is 0.448. The smallest absolute Gasteiger partial charge is 0.269 e. The Balaban J connectivity index is 2.61. The molecule has 0 unspecified atom stereocenters. The highest BCUT2D eigenvalue weighted by Crippen LogP contribution is 2.24. The van der Waals surface area contributed by atoms with Crippen molar-refractivity contribution < 1.29 is 9.50 Å². The minimum absolute atomic E-state index is 0.0607. The first-order chi connectivity index (χ1) is 7.99. The quantitative estimate of drug-likeness (QED) is 0.849. The minimum atomic E-state index is -0.570. The van der Waals surface area contributed by atoms with Crippen molar-refractivity contribution >= 4 is 27.5 Å². The maximum atomic E-state index is 13.0. The Morgan fingerprint density at radius 2 is 2.18 bits per heavy atom. The highest BCUT2D eigenvalue weighted by Gasteiger charge is 2.10. The van der Waals surface area contributed by atoms with E-state index in [2.05, 4.69) is 25.9 Å². The molecule has 7 heteroatoms. The molecule has 0 saturated heterocycles. The second-order valence-corrected chi connectivity index (χ2v) is 4.38. The van der Waals surface area contributed by atoms with Crippen LogP contribution >= 0.6 is 27.5 Å². The summed E-state index contributed by atoms with van der Waals surface area (Å²) in [6, 6.07) is 3.85. The van der Waals surface area contributed by atoms with Gasteiger partial charge >= 0.3 is 0 Å². The largest absolute Gasteiger partial charge is 0.492 e. The van der Waals surface area contributed by atoms with E-state index in [1.165, 1.54) is 12.1 Å². The molecule has 88 valence electrons. The lowest BCUT2D eigenvalue weighted by Gasteiger charge is -2.03. The molecule has 0 atom stereocenters. The maximum absolute atomic E-state index is 13.0. The van der Waals surface area contributed by atoms with Crippen LogP contribution in [0.15, 0.2) is 27.5 Å². The van der Waals surface area contributed by atoms with Gasteiger partial charge in [-0.25, -0.2) is 4.39 Å². The lowest BCUT2D eigenvalue weighted by Crippen LogP contribution is -2.09. The molecule has 1 aromatic heterocycles. The van der Waals surface area contributed by atoms with E-state index in [0.29, 0.717) is 5.56 Å². The number of hydrogen-bond acceptors (Lipinski definition) is 3. The van der Waals surface area contributed by atoms with Crippen LogP contribution in [0.25, 0.3) is 11.4 Å². The van der Waals surface area contributed by atoms with E-state index < -0.39 is 17.3 Å². The van der Waals surface area contributed by atoms with Crippen LogP contribution < -0.4 is 5.56 Å². The maximum Gasteiger partial charge on any atom is 0.269 e. The highest BCUT2D eigenvalue weighted by atomic mass is 79.9. The molecule has 2 aromatic rings. The monoisotopic (exact) mass is 318 g/mol. The van der Waals surface area contributed by atoms with Crippen LogP contribution in [0.5, 0.6) is 5.88 Å². The van der Waals surface area contributed by atoms with E-state index in [9.17, 15) is 14.3 Å². The first-order valence-corrected chi connectivity index (χ1v) is 5.60. The third kappa shape index (κ3) is 2.32. The first-order valence-electron chi connectivity index (χ1n) is 4.43. The normalized spacial score (nSPS) is 10.5. The molecule has 0 aliphatic rings. The fourth-order valence-electron chi connectivity index (χ4n) is 1.23. The molecule has 4 nitrogen and oxygen atoms in total. The lowest BCUT2D eigenvalue weighted by atomic mass is 10.2. The zero-order chi connectivity index (χ0) is 12.6. The van der Waals surface area contributed by atoms with Gasteiger partial charge in [-0.05, 0) is 34.1 Å². The number of benzene rings is 1. The summed E-state index contributed by atoms with van der Waals surface area (Å²) in [6.45, 7) is 0. The second kappa shape index (κ2) is 4.46. The molecule has 2 N–H and O–H groups in total. The summed E-state index contributed by atoms with van der Waals surface area (Å²) >= 11 is 8.48. The van der Waals surface area contributed by atoms with Crippen molar-refractivity contribution in [2.75, 3.05) is 0 Å². The van der Waals surface area contributed by atoms with Crippen molar-refractivity contribution in [3.8, 4) is 17.3 Å². The van der Waals surface area contributed by atoms with Crippen molar-refractivity contribution in [2.24, 2.45) is 0 Å². The van der Waals surface area contributed by atoms with Crippen LogP contribution in [-0.4, -0.2) is 15.1 Å². The highest BCUT2D eigenvalue weighted by molar-refractivity contribution is 9.10. The van der Waals surface area contributed by atoms with Crippen molar-refractivity contribution in [1.29, 1.82) is 0 Å². The summed E-state index contributed by atoms with van der Waals surface area (Å²) in [6.07, 6.45) is 0. The molecule has 1 aromatic carbocycles. The number of nitrogens with one attached hydrogen (secondary N) is 1. The average Bonchev–Trinajstić information content (AvgIpc) is 2.29. The summed E-state index contributed by atoms with van der Waals surface area (Å²) in [5.41, 5.74) is -0.135. The molecule has 0 fully saturated rings. The Morgan fingerprint density at radius 3 is 2.76 bits per heavy atom. The molecule has 0 aliphatic heterocycles. The van der Waals surface area contributed by atoms with E-state index in [1.54, 1.807) is 0 Å².